The third kappa shape index (κ3) is 3.85. The summed E-state index contributed by atoms with van der Waals surface area (Å²) in [5.41, 5.74) is 3.94. The molecule has 2 aromatic carbocycles. The molecule has 7 heteroatoms. The van der Waals surface area contributed by atoms with Gasteiger partial charge in [0.15, 0.2) is 5.76 Å². The number of carbonyl (C=O) groups is 1. The van der Waals surface area contributed by atoms with E-state index in [0.717, 1.165) is 22.0 Å². The summed E-state index contributed by atoms with van der Waals surface area (Å²) in [6.45, 7) is 2.71. The minimum atomic E-state index is -0.0744. The maximum Gasteiger partial charge on any atom is 0.283 e. The van der Waals surface area contributed by atoms with Crippen molar-refractivity contribution in [2.24, 2.45) is 0 Å². The Balaban J connectivity index is 1.38. The predicted octanol–water partition coefficient (Wildman–Crippen LogP) is 4.58. The van der Waals surface area contributed by atoms with Gasteiger partial charge in [-0.25, -0.2) is 0 Å². The maximum atomic E-state index is 12.6. The van der Waals surface area contributed by atoms with Crippen LogP contribution in [0.25, 0.3) is 34.0 Å². The summed E-state index contributed by atoms with van der Waals surface area (Å²) < 4.78 is 13.0. The molecule has 1 N–H and O–H groups in total. The van der Waals surface area contributed by atoms with Gasteiger partial charge in [-0.3, -0.25) is 4.79 Å². The first kappa shape index (κ1) is 18.9. The first-order chi connectivity index (χ1) is 15.2. The molecule has 0 aliphatic heterocycles. The lowest BCUT2D eigenvalue weighted by atomic mass is 10.1. The summed E-state index contributed by atoms with van der Waals surface area (Å²) in [5, 5.41) is 12.2. The van der Waals surface area contributed by atoms with Crippen molar-refractivity contribution in [1.82, 2.24) is 20.1 Å². The molecule has 154 valence electrons. The van der Waals surface area contributed by atoms with E-state index in [9.17, 15) is 4.79 Å². The molecular weight excluding hydrogens is 392 g/mol. The van der Waals surface area contributed by atoms with E-state index in [1.165, 1.54) is 5.56 Å². The molecule has 31 heavy (non-hydrogen) atoms. The molecular formula is C24H20N4O3. The van der Waals surface area contributed by atoms with E-state index in [1.807, 2.05) is 66.2 Å². The van der Waals surface area contributed by atoms with Crippen LogP contribution in [0.4, 0.5) is 0 Å². The summed E-state index contributed by atoms with van der Waals surface area (Å²) in [4.78, 5) is 12.6. The van der Waals surface area contributed by atoms with Gasteiger partial charge in [-0.2, -0.15) is 0 Å². The van der Waals surface area contributed by atoms with Crippen LogP contribution in [0.15, 0.2) is 82.0 Å². The standard InChI is InChI=1S/C24H20N4O3/c1-16-8-10-17(11-9-16)13-25-22(29)15-28-14-19(18-5-2-3-6-20(18)28)23-26-27-24(31-23)21-7-4-12-30-21/h2-12,14H,13,15H2,1H3,(H,25,29). The molecule has 0 aliphatic carbocycles. The number of aryl methyl sites for hydroxylation is 1. The fourth-order valence-corrected chi connectivity index (χ4v) is 3.50. The number of nitrogens with one attached hydrogen (secondary N) is 1. The molecule has 5 rings (SSSR count). The Morgan fingerprint density at radius 3 is 2.61 bits per heavy atom. The van der Waals surface area contributed by atoms with Gasteiger partial charge in [-0.15, -0.1) is 10.2 Å². The first-order valence-electron chi connectivity index (χ1n) is 9.95. The molecule has 3 aromatic heterocycles. The van der Waals surface area contributed by atoms with Crippen LogP contribution in [0.3, 0.4) is 0 Å². The summed E-state index contributed by atoms with van der Waals surface area (Å²) in [6.07, 6.45) is 3.43. The SMILES string of the molecule is Cc1ccc(CNC(=O)Cn2cc(-c3nnc(-c4ccco4)o3)c3ccccc32)cc1. The number of nitrogens with zero attached hydrogens (tertiary/aromatic N) is 3. The summed E-state index contributed by atoms with van der Waals surface area (Å²) >= 11 is 0. The Morgan fingerprint density at radius 1 is 1.00 bits per heavy atom. The normalized spacial score (nSPS) is 11.1. The maximum absolute atomic E-state index is 12.6. The Bertz CT molecular complexity index is 1330. The fourth-order valence-electron chi connectivity index (χ4n) is 3.50. The van der Waals surface area contributed by atoms with E-state index in [-0.39, 0.29) is 12.5 Å². The molecule has 0 atom stereocenters. The van der Waals surface area contributed by atoms with Gasteiger partial charge in [0.1, 0.15) is 6.54 Å². The molecule has 0 unspecified atom stereocenters. The van der Waals surface area contributed by atoms with Gasteiger partial charge in [0, 0.05) is 23.6 Å². The number of amides is 1. The number of hydrogen-bond donors (Lipinski definition) is 1. The summed E-state index contributed by atoms with van der Waals surface area (Å²) in [6, 6.07) is 19.5. The molecule has 0 saturated heterocycles. The van der Waals surface area contributed by atoms with Crippen LogP contribution in [0.5, 0.6) is 0 Å². The van der Waals surface area contributed by atoms with E-state index < -0.39 is 0 Å². The molecule has 0 saturated carbocycles. The third-order valence-corrected chi connectivity index (χ3v) is 5.10. The fraction of sp³-hybridized carbons (Fsp3) is 0.125. The number of benzene rings is 2. The second-order valence-corrected chi connectivity index (χ2v) is 7.34. The minimum Gasteiger partial charge on any atom is -0.459 e. The Morgan fingerprint density at radius 2 is 1.81 bits per heavy atom. The molecule has 0 spiro atoms. The first-order valence-corrected chi connectivity index (χ1v) is 9.95. The highest BCUT2D eigenvalue weighted by Gasteiger charge is 2.18. The molecule has 7 nitrogen and oxygen atoms in total. The van der Waals surface area contributed by atoms with Crippen LogP contribution in [-0.2, 0) is 17.9 Å². The van der Waals surface area contributed by atoms with Crippen molar-refractivity contribution in [3.63, 3.8) is 0 Å². The minimum absolute atomic E-state index is 0.0744. The van der Waals surface area contributed by atoms with E-state index in [2.05, 4.69) is 15.5 Å². The number of fused-ring (bicyclic) bond motifs is 1. The average Bonchev–Trinajstić information content (AvgIpc) is 3.53. The molecule has 1 amide bonds. The molecule has 0 fully saturated rings. The van der Waals surface area contributed by atoms with E-state index in [4.69, 9.17) is 8.83 Å². The number of hydrogen-bond acceptors (Lipinski definition) is 5. The number of rotatable bonds is 6. The lowest BCUT2D eigenvalue weighted by molar-refractivity contribution is -0.121. The number of furan rings is 1. The van der Waals surface area contributed by atoms with Crippen molar-refractivity contribution in [3.8, 4) is 23.1 Å². The topological polar surface area (TPSA) is 86.1 Å². The zero-order valence-corrected chi connectivity index (χ0v) is 16.9. The van der Waals surface area contributed by atoms with Crippen molar-refractivity contribution in [2.45, 2.75) is 20.0 Å². The highest BCUT2D eigenvalue weighted by atomic mass is 16.4. The third-order valence-electron chi connectivity index (χ3n) is 5.10. The lowest BCUT2D eigenvalue weighted by Gasteiger charge is -2.08. The zero-order valence-electron chi connectivity index (χ0n) is 16.9. The van der Waals surface area contributed by atoms with Gasteiger partial charge in [-0.1, -0.05) is 48.0 Å². The predicted molar refractivity (Wildman–Crippen MR) is 116 cm³/mol. The van der Waals surface area contributed by atoms with Gasteiger partial charge < -0.3 is 18.7 Å². The quantitative estimate of drug-likeness (QED) is 0.441. The Kier molecular flexibility index (Phi) is 4.84. The van der Waals surface area contributed by atoms with Gasteiger partial charge in [0.2, 0.25) is 11.8 Å². The smallest absolute Gasteiger partial charge is 0.283 e. The van der Waals surface area contributed by atoms with Crippen LogP contribution < -0.4 is 5.32 Å². The monoisotopic (exact) mass is 412 g/mol. The lowest BCUT2D eigenvalue weighted by Crippen LogP contribution is -2.26. The highest BCUT2D eigenvalue weighted by molar-refractivity contribution is 5.95. The van der Waals surface area contributed by atoms with Crippen LogP contribution in [0.1, 0.15) is 11.1 Å². The van der Waals surface area contributed by atoms with E-state index in [0.29, 0.717) is 24.1 Å². The van der Waals surface area contributed by atoms with Gasteiger partial charge >= 0.3 is 0 Å². The molecule has 3 heterocycles. The van der Waals surface area contributed by atoms with Crippen molar-refractivity contribution < 1.29 is 13.6 Å². The van der Waals surface area contributed by atoms with Gasteiger partial charge in [-0.05, 0) is 30.7 Å². The average molecular weight is 412 g/mol. The number of aromatic nitrogens is 3. The molecule has 0 bridgehead atoms. The van der Waals surface area contributed by atoms with Crippen molar-refractivity contribution in [2.75, 3.05) is 0 Å². The van der Waals surface area contributed by atoms with Crippen molar-refractivity contribution in [3.05, 3.63) is 84.3 Å². The van der Waals surface area contributed by atoms with Gasteiger partial charge in [0.05, 0.1) is 11.8 Å². The Hall–Kier alpha value is -4.13. The van der Waals surface area contributed by atoms with Crippen LogP contribution in [0, 0.1) is 6.92 Å². The molecule has 0 aliphatic rings. The van der Waals surface area contributed by atoms with Crippen LogP contribution >= 0.6 is 0 Å². The van der Waals surface area contributed by atoms with Crippen LogP contribution in [-0.4, -0.2) is 20.7 Å². The zero-order chi connectivity index (χ0) is 21.2. The number of carbonyl (C=O) groups excluding carboxylic acids is 1. The second kappa shape index (κ2) is 7.95. The summed E-state index contributed by atoms with van der Waals surface area (Å²) in [7, 11) is 0. The molecule has 5 aromatic rings. The van der Waals surface area contributed by atoms with E-state index in [1.54, 1.807) is 18.4 Å². The summed E-state index contributed by atoms with van der Waals surface area (Å²) in [5.74, 6) is 1.13. The van der Waals surface area contributed by atoms with Crippen molar-refractivity contribution in [1.29, 1.82) is 0 Å². The second-order valence-electron chi connectivity index (χ2n) is 7.34. The van der Waals surface area contributed by atoms with E-state index >= 15 is 0 Å². The van der Waals surface area contributed by atoms with Crippen molar-refractivity contribution >= 4 is 16.8 Å². The largest absolute Gasteiger partial charge is 0.459 e. The van der Waals surface area contributed by atoms with Crippen LogP contribution in [0.2, 0.25) is 0 Å². The highest BCUT2D eigenvalue weighted by Crippen LogP contribution is 2.31. The van der Waals surface area contributed by atoms with Gasteiger partial charge in [0.25, 0.3) is 5.89 Å². The Labute approximate surface area is 178 Å². The number of para-hydroxylation sites is 1. The molecule has 0 radical (unpaired) electrons.